The number of benzene rings is 1. The molecule has 0 fully saturated rings. The minimum absolute atomic E-state index is 0.228. The lowest BCUT2D eigenvalue weighted by atomic mass is 10.2. The molecule has 17 heavy (non-hydrogen) atoms. The van der Waals surface area contributed by atoms with Crippen molar-refractivity contribution in [3.05, 3.63) is 60.1 Å². The summed E-state index contributed by atoms with van der Waals surface area (Å²) < 4.78 is 4.93. The number of hydrogen-bond acceptors (Lipinski definition) is 3. The van der Waals surface area contributed by atoms with Gasteiger partial charge in [0.2, 0.25) is 0 Å². The van der Waals surface area contributed by atoms with Gasteiger partial charge in [-0.05, 0) is 25.1 Å². The molecule has 1 amide bonds. The third-order valence-corrected chi connectivity index (χ3v) is 2.30. The lowest BCUT2D eigenvalue weighted by Crippen LogP contribution is -2.19. The minimum Gasteiger partial charge on any atom is -0.472 e. The molecule has 1 N–H and O–H groups in total. The molecular formula is C13H12N2O2. The normalized spacial score (nSPS) is 11.2. The number of furan rings is 1. The van der Waals surface area contributed by atoms with Crippen molar-refractivity contribution in [2.75, 3.05) is 0 Å². The van der Waals surface area contributed by atoms with Gasteiger partial charge in [0.15, 0.2) is 0 Å². The quantitative estimate of drug-likeness (QED) is 0.648. The van der Waals surface area contributed by atoms with Crippen LogP contribution >= 0.6 is 0 Å². The summed E-state index contributed by atoms with van der Waals surface area (Å²) in [5.74, 6) is -0.228. The van der Waals surface area contributed by atoms with Crippen molar-refractivity contribution in [1.29, 1.82) is 0 Å². The fourth-order valence-electron chi connectivity index (χ4n) is 1.32. The highest BCUT2D eigenvalue weighted by atomic mass is 16.3. The lowest BCUT2D eigenvalue weighted by Gasteiger charge is -2.00. The summed E-state index contributed by atoms with van der Waals surface area (Å²) in [5.41, 5.74) is 4.62. The molecule has 1 aromatic carbocycles. The topological polar surface area (TPSA) is 54.6 Å². The molecule has 0 aliphatic heterocycles. The molecule has 4 heteroatoms. The molecule has 0 saturated heterocycles. The highest BCUT2D eigenvalue weighted by Crippen LogP contribution is 2.02. The highest BCUT2D eigenvalue weighted by Gasteiger charge is 2.03. The number of amides is 1. The van der Waals surface area contributed by atoms with Gasteiger partial charge in [0.25, 0.3) is 5.91 Å². The van der Waals surface area contributed by atoms with Gasteiger partial charge in [-0.15, -0.1) is 0 Å². The largest absolute Gasteiger partial charge is 0.472 e. The van der Waals surface area contributed by atoms with Crippen LogP contribution in [0.3, 0.4) is 0 Å². The molecule has 0 aliphatic rings. The van der Waals surface area contributed by atoms with Crippen LogP contribution in [0, 0.1) is 0 Å². The van der Waals surface area contributed by atoms with Gasteiger partial charge >= 0.3 is 0 Å². The Labute approximate surface area is 99.0 Å². The Bertz CT molecular complexity index is 516. The summed E-state index contributed by atoms with van der Waals surface area (Å²) >= 11 is 0. The molecule has 0 bridgehead atoms. The molecule has 0 spiro atoms. The van der Waals surface area contributed by atoms with Gasteiger partial charge in [0.05, 0.1) is 18.2 Å². The number of carbonyl (C=O) groups excluding carboxylic acids is 1. The third-order valence-electron chi connectivity index (χ3n) is 2.30. The summed E-state index contributed by atoms with van der Waals surface area (Å²) in [6.07, 6.45) is 3.14. The van der Waals surface area contributed by atoms with Crippen LogP contribution in [0.15, 0.2) is 58.4 Å². The predicted molar refractivity (Wildman–Crippen MR) is 64.8 cm³/mol. The van der Waals surface area contributed by atoms with Crippen LogP contribution in [0.25, 0.3) is 0 Å². The van der Waals surface area contributed by atoms with E-state index in [1.807, 2.05) is 18.2 Å². The Kier molecular flexibility index (Phi) is 3.35. The molecule has 0 radical (unpaired) electrons. The van der Waals surface area contributed by atoms with E-state index in [2.05, 4.69) is 10.5 Å². The van der Waals surface area contributed by atoms with E-state index in [0.717, 1.165) is 5.56 Å². The lowest BCUT2D eigenvalue weighted by molar-refractivity contribution is 0.0955. The highest BCUT2D eigenvalue weighted by molar-refractivity contribution is 6.00. The Morgan fingerprint density at radius 2 is 1.94 bits per heavy atom. The number of hydrogen-bond donors (Lipinski definition) is 1. The van der Waals surface area contributed by atoms with Crippen LogP contribution in [-0.4, -0.2) is 11.6 Å². The maximum absolute atomic E-state index is 11.7. The number of rotatable bonds is 3. The first-order chi connectivity index (χ1) is 8.27. The van der Waals surface area contributed by atoms with Crippen molar-refractivity contribution in [3.63, 3.8) is 0 Å². The summed E-state index contributed by atoms with van der Waals surface area (Å²) in [5, 5.41) is 4.00. The summed E-state index contributed by atoms with van der Waals surface area (Å²) in [6, 6.07) is 10.7. The average molecular weight is 228 g/mol. The van der Waals surface area contributed by atoms with Crippen molar-refractivity contribution in [2.45, 2.75) is 6.92 Å². The Morgan fingerprint density at radius 1 is 1.18 bits per heavy atom. The van der Waals surface area contributed by atoms with Crippen LogP contribution in [0.2, 0.25) is 0 Å². The number of hydrazone groups is 1. The molecule has 0 unspecified atom stereocenters. The molecule has 2 rings (SSSR count). The number of nitrogens with one attached hydrogen (secondary N) is 1. The first-order valence-electron chi connectivity index (χ1n) is 5.19. The van der Waals surface area contributed by atoms with E-state index >= 15 is 0 Å². The molecule has 1 aromatic heterocycles. The van der Waals surface area contributed by atoms with Crippen LogP contribution in [-0.2, 0) is 0 Å². The second kappa shape index (κ2) is 5.12. The Morgan fingerprint density at radius 3 is 2.59 bits per heavy atom. The zero-order valence-corrected chi connectivity index (χ0v) is 9.38. The van der Waals surface area contributed by atoms with Crippen LogP contribution in [0.5, 0.6) is 0 Å². The standard InChI is InChI=1S/C13H12N2O2/c1-10(12-7-8-17-9-12)14-15-13(16)11-5-3-2-4-6-11/h2-9H,1H3,(H,15,16). The Hall–Kier alpha value is -2.36. The van der Waals surface area contributed by atoms with Crippen molar-refractivity contribution >= 4 is 11.6 Å². The van der Waals surface area contributed by atoms with E-state index in [9.17, 15) is 4.79 Å². The van der Waals surface area contributed by atoms with Crippen LogP contribution < -0.4 is 5.43 Å². The van der Waals surface area contributed by atoms with E-state index in [0.29, 0.717) is 11.3 Å². The van der Waals surface area contributed by atoms with E-state index in [1.165, 1.54) is 0 Å². The van der Waals surface area contributed by atoms with Gasteiger partial charge in [0, 0.05) is 11.1 Å². The molecular weight excluding hydrogens is 216 g/mol. The van der Waals surface area contributed by atoms with E-state index in [4.69, 9.17) is 4.42 Å². The van der Waals surface area contributed by atoms with Crippen molar-refractivity contribution in [3.8, 4) is 0 Å². The van der Waals surface area contributed by atoms with Crippen molar-refractivity contribution in [1.82, 2.24) is 5.43 Å². The second-order valence-corrected chi connectivity index (χ2v) is 3.52. The fraction of sp³-hybridized carbons (Fsp3) is 0.0769. The molecule has 4 nitrogen and oxygen atoms in total. The zero-order valence-electron chi connectivity index (χ0n) is 9.38. The van der Waals surface area contributed by atoms with Crippen LogP contribution in [0.1, 0.15) is 22.8 Å². The van der Waals surface area contributed by atoms with Gasteiger partial charge in [-0.2, -0.15) is 5.10 Å². The SMILES string of the molecule is CC(=NNC(=O)c1ccccc1)c1ccoc1. The maximum atomic E-state index is 11.7. The fourth-order valence-corrected chi connectivity index (χ4v) is 1.32. The summed E-state index contributed by atoms with van der Waals surface area (Å²) in [7, 11) is 0. The van der Waals surface area contributed by atoms with Crippen molar-refractivity contribution in [2.24, 2.45) is 5.10 Å². The summed E-state index contributed by atoms with van der Waals surface area (Å²) in [4.78, 5) is 11.7. The van der Waals surface area contributed by atoms with Gasteiger partial charge in [-0.3, -0.25) is 4.79 Å². The molecule has 0 atom stereocenters. The molecule has 86 valence electrons. The van der Waals surface area contributed by atoms with Gasteiger partial charge in [-0.1, -0.05) is 18.2 Å². The second-order valence-electron chi connectivity index (χ2n) is 3.52. The molecule has 2 aromatic rings. The Balaban J connectivity index is 2.04. The molecule has 0 aliphatic carbocycles. The predicted octanol–water partition coefficient (Wildman–Crippen LogP) is 2.43. The van der Waals surface area contributed by atoms with E-state index < -0.39 is 0 Å². The molecule has 1 heterocycles. The zero-order chi connectivity index (χ0) is 12.1. The first-order valence-corrected chi connectivity index (χ1v) is 5.19. The van der Waals surface area contributed by atoms with Crippen LogP contribution in [0.4, 0.5) is 0 Å². The van der Waals surface area contributed by atoms with E-state index in [-0.39, 0.29) is 5.91 Å². The maximum Gasteiger partial charge on any atom is 0.271 e. The third kappa shape index (κ3) is 2.81. The van der Waals surface area contributed by atoms with Crippen molar-refractivity contribution < 1.29 is 9.21 Å². The minimum atomic E-state index is -0.228. The number of nitrogens with zero attached hydrogens (tertiary/aromatic N) is 1. The monoisotopic (exact) mass is 228 g/mol. The smallest absolute Gasteiger partial charge is 0.271 e. The molecule has 0 saturated carbocycles. The summed E-state index contributed by atoms with van der Waals surface area (Å²) in [6.45, 7) is 1.80. The number of carbonyl (C=O) groups is 1. The average Bonchev–Trinajstić information content (AvgIpc) is 2.90. The van der Waals surface area contributed by atoms with E-state index in [1.54, 1.807) is 37.6 Å². The van der Waals surface area contributed by atoms with Gasteiger partial charge < -0.3 is 4.42 Å². The van der Waals surface area contributed by atoms with Gasteiger partial charge in [0.1, 0.15) is 0 Å². The first kappa shape index (κ1) is 11.1. The van der Waals surface area contributed by atoms with Gasteiger partial charge in [-0.25, -0.2) is 5.43 Å².